The highest BCUT2D eigenvalue weighted by atomic mass is 16.7. The van der Waals surface area contributed by atoms with Crippen LogP contribution in [0.2, 0.25) is 0 Å². The molecule has 0 spiro atoms. The maximum atomic E-state index is 10.4. The van der Waals surface area contributed by atoms with E-state index in [1.54, 1.807) is 0 Å². The van der Waals surface area contributed by atoms with Crippen LogP contribution in [0.1, 0.15) is 51.0 Å². The van der Waals surface area contributed by atoms with Crippen LogP contribution in [0, 0.1) is 62.1 Å². The van der Waals surface area contributed by atoms with Gasteiger partial charge in [0.15, 0.2) is 10.8 Å². The van der Waals surface area contributed by atoms with Crippen molar-refractivity contribution in [2.45, 2.75) is 57.3 Å². The van der Waals surface area contributed by atoms with E-state index >= 15 is 0 Å². The Hall–Kier alpha value is -2.88. The van der Waals surface area contributed by atoms with Gasteiger partial charge >= 0.3 is 0 Å². The van der Waals surface area contributed by atoms with Gasteiger partial charge in [-0.3, -0.25) is 5.41 Å². The first-order valence-electron chi connectivity index (χ1n) is 10.1. The summed E-state index contributed by atoms with van der Waals surface area (Å²) in [5.74, 6) is -1.59. The molecule has 2 aliphatic heterocycles. The largest absolute Gasteiger partial charge is 0.447 e. The predicted molar refractivity (Wildman–Crippen MR) is 104 cm³/mol. The van der Waals surface area contributed by atoms with E-state index < -0.39 is 28.6 Å². The van der Waals surface area contributed by atoms with Gasteiger partial charge in [-0.25, -0.2) is 0 Å². The molecule has 1 aromatic rings. The number of hydrogen-bond donors (Lipinski definition) is 1. The van der Waals surface area contributed by atoms with Gasteiger partial charge < -0.3 is 9.47 Å². The third-order valence-corrected chi connectivity index (χ3v) is 6.98. The van der Waals surface area contributed by atoms with E-state index in [9.17, 15) is 15.8 Å². The molecule has 2 bridgehead atoms. The van der Waals surface area contributed by atoms with Crippen molar-refractivity contribution in [3.63, 3.8) is 0 Å². The Kier molecular flexibility index (Phi) is 4.41. The van der Waals surface area contributed by atoms with Crippen LogP contribution in [-0.2, 0) is 9.47 Å². The van der Waals surface area contributed by atoms with Gasteiger partial charge in [-0.2, -0.15) is 15.8 Å². The first-order chi connectivity index (χ1) is 13.9. The molecule has 2 saturated heterocycles. The van der Waals surface area contributed by atoms with Crippen molar-refractivity contribution >= 4 is 5.90 Å². The Morgan fingerprint density at radius 1 is 1.14 bits per heavy atom. The monoisotopic (exact) mass is 388 g/mol. The van der Waals surface area contributed by atoms with Crippen LogP contribution >= 0.6 is 0 Å². The zero-order valence-electron chi connectivity index (χ0n) is 16.7. The van der Waals surface area contributed by atoms with Crippen molar-refractivity contribution in [2.24, 2.45) is 22.7 Å². The van der Waals surface area contributed by atoms with Crippen LogP contribution in [0.4, 0.5) is 0 Å². The molecule has 0 amide bonds. The van der Waals surface area contributed by atoms with Crippen LogP contribution in [-0.4, -0.2) is 17.8 Å². The van der Waals surface area contributed by atoms with Crippen LogP contribution in [0.3, 0.4) is 0 Å². The van der Waals surface area contributed by atoms with Crippen LogP contribution in [0.15, 0.2) is 30.3 Å². The molecule has 5 unspecified atom stereocenters. The second-order valence-corrected chi connectivity index (χ2v) is 8.87. The topological polar surface area (TPSA) is 114 Å². The molecule has 4 rings (SSSR count). The lowest BCUT2D eigenvalue weighted by Gasteiger charge is -2.53. The summed E-state index contributed by atoms with van der Waals surface area (Å²) < 4.78 is 12.4. The van der Waals surface area contributed by atoms with Crippen molar-refractivity contribution < 1.29 is 9.47 Å². The number of nitrogens with zero attached hydrogens (tertiary/aromatic N) is 3. The lowest BCUT2D eigenvalue weighted by molar-refractivity contribution is -0.295. The zero-order valence-corrected chi connectivity index (χ0v) is 16.7. The number of nitriles is 3. The first kappa shape index (κ1) is 19.4. The third-order valence-electron chi connectivity index (χ3n) is 6.98. The number of rotatable bonds is 3. The average molecular weight is 388 g/mol. The van der Waals surface area contributed by atoms with Gasteiger partial charge in [0.25, 0.3) is 0 Å². The molecule has 0 radical (unpaired) electrons. The molecule has 5 atom stereocenters. The van der Waals surface area contributed by atoms with E-state index in [1.165, 1.54) is 0 Å². The third kappa shape index (κ3) is 2.38. The molecule has 6 nitrogen and oxygen atoms in total. The minimum absolute atomic E-state index is 0.164. The van der Waals surface area contributed by atoms with E-state index in [2.05, 4.69) is 30.3 Å². The molecule has 2 heterocycles. The molecule has 3 aliphatic rings. The van der Waals surface area contributed by atoms with E-state index in [1.807, 2.05) is 32.0 Å². The van der Waals surface area contributed by atoms with Gasteiger partial charge in [-0.05, 0) is 36.7 Å². The molecular weight excluding hydrogens is 364 g/mol. The van der Waals surface area contributed by atoms with E-state index in [0.717, 1.165) is 12.0 Å². The van der Waals surface area contributed by atoms with E-state index in [4.69, 9.17) is 14.9 Å². The highest BCUT2D eigenvalue weighted by Gasteiger charge is 2.80. The Bertz CT molecular complexity index is 940. The summed E-state index contributed by atoms with van der Waals surface area (Å²) in [5.41, 5.74) is -2.24. The SMILES string of the molecule is CC(C)CC1OC23CCC(c4ccccc4)CC2C(C#N)(C(=N)O3)C1(C#N)C#N. The molecule has 1 aliphatic carbocycles. The number of hydrogen-bond acceptors (Lipinski definition) is 6. The van der Waals surface area contributed by atoms with Gasteiger partial charge in [0, 0.05) is 6.42 Å². The smallest absolute Gasteiger partial charge is 0.217 e. The van der Waals surface area contributed by atoms with Gasteiger partial charge in [0.05, 0.1) is 30.2 Å². The maximum absolute atomic E-state index is 10.4. The minimum Gasteiger partial charge on any atom is -0.447 e. The van der Waals surface area contributed by atoms with Gasteiger partial charge in [0.2, 0.25) is 11.7 Å². The Balaban J connectivity index is 1.85. The second kappa shape index (κ2) is 6.58. The molecule has 6 heteroatoms. The standard InChI is InChI=1S/C23H24N4O2/c1-15(2)10-19-21(12-24,13-25)22(14-26)18-11-17(16-6-4-3-5-7-16)8-9-23(18,28-19)29-20(22)27/h3-7,15,17-19,27H,8-11H2,1-2H3. The lowest BCUT2D eigenvalue weighted by atomic mass is 9.50. The molecule has 1 saturated carbocycles. The Morgan fingerprint density at radius 2 is 1.83 bits per heavy atom. The van der Waals surface area contributed by atoms with Crippen molar-refractivity contribution in [3.05, 3.63) is 35.9 Å². The van der Waals surface area contributed by atoms with E-state index in [0.29, 0.717) is 19.3 Å². The summed E-state index contributed by atoms with van der Waals surface area (Å²) in [6.07, 6.45) is 1.56. The summed E-state index contributed by atoms with van der Waals surface area (Å²) >= 11 is 0. The normalized spacial score (nSPS) is 37.0. The average Bonchev–Trinajstić information content (AvgIpc) is 2.93. The number of benzene rings is 1. The van der Waals surface area contributed by atoms with Crippen molar-refractivity contribution in [3.8, 4) is 18.2 Å². The Labute approximate surface area is 171 Å². The van der Waals surface area contributed by atoms with Crippen molar-refractivity contribution in [1.29, 1.82) is 21.2 Å². The quantitative estimate of drug-likeness (QED) is 0.831. The fourth-order valence-corrected chi connectivity index (χ4v) is 5.62. The van der Waals surface area contributed by atoms with Crippen molar-refractivity contribution in [1.82, 2.24) is 0 Å². The molecule has 1 N–H and O–H groups in total. The Morgan fingerprint density at radius 3 is 2.41 bits per heavy atom. The fraction of sp³-hybridized carbons (Fsp3) is 0.565. The number of nitrogens with one attached hydrogen (secondary N) is 1. The van der Waals surface area contributed by atoms with E-state index in [-0.39, 0.29) is 17.7 Å². The fourth-order valence-electron chi connectivity index (χ4n) is 5.62. The molecular formula is C23H24N4O2. The summed E-state index contributed by atoms with van der Waals surface area (Å²) in [5, 5.41) is 39.3. The minimum atomic E-state index is -1.77. The first-order valence-corrected chi connectivity index (χ1v) is 10.1. The summed E-state index contributed by atoms with van der Waals surface area (Å²) in [6.45, 7) is 3.98. The highest BCUT2D eigenvalue weighted by Crippen LogP contribution is 2.68. The highest BCUT2D eigenvalue weighted by molar-refractivity contribution is 5.89. The van der Waals surface area contributed by atoms with Gasteiger partial charge in [-0.1, -0.05) is 44.2 Å². The maximum Gasteiger partial charge on any atom is 0.217 e. The summed E-state index contributed by atoms with van der Waals surface area (Å²) in [4.78, 5) is 0. The predicted octanol–water partition coefficient (Wildman–Crippen LogP) is 4.26. The van der Waals surface area contributed by atoms with Crippen LogP contribution < -0.4 is 0 Å². The van der Waals surface area contributed by atoms with Crippen molar-refractivity contribution in [2.75, 3.05) is 0 Å². The molecule has 0 aromatic heterocycles. The molecule has 148 valence electrons. The molecule has 29 heavy (non-hydrogen) atoms. The summed E-state index contributed by atoms with van der Waals surface area (Å²) in [6, 6.07) is 16.5. The zero-order chi connectivity index (χ0) is 20.9. The van der Waals surface area contributed by atoms with Crippen LogP contribution in [0.5, 0.6) is 0 Å². The second-order valence-electron chi connectivity index (χ2n) is 8.87. The summed E-state index contributed by atoms with van der Waals surface area (Å²) in [7, 11) is 0. The van der Waals surface area contributed by atoms with Crippen LogP contribution in [0.25, 0.3) is 0 Å². The number of ether oxygens (including phenoxy) is 2. The van der Waals surface area contributed by atoms with Gasteiger partial charge in [-0.15, -0.1) is 0 Å². The van der Waals surface area contributed by atoms with Gasteiger partial charge in [0.1, 0.15) is 0 Å². The molecule has 1 aromatic carbocycles. The lowest BCUT2D eigenvalue weighted by Crippen LogP contribution is -2.64. The molecule has 3 fully saturated rings.